The summed E-state index contributed by atoms with van der Waals surface area (Å²) in [7, 11) is 0. The van der Waals surface area contributed by atoms with Crippen molar-refractivity contribution in [2.75, 3.05) is 5.88 Å². The van der Waals surface area contributed by atoms with Crippen LogP contribution >= 0.6 is 23.2 Å². The summed E-state index contributed by atoms with van der Waals surface area (Å²) in [6.45, 7) is 3.94. The summed E-state index contributed by atoms with van der Waals surface area (Å²) in [6.07, 6.45) is 0.633. The molecule has 1 N–H and O–H groups in total. The molecule has 5 nitrogen and oxygen atoms in total. The molecule has 0 heterocycles. The van der Waals surface area contributed by atoms with Gasteiger partial charge < -0.3 is 5.32 Å². The number of nitrogens with zero attached hydrogens (tertiary/aromatic N) is 1. The van der Waals surface area contributed by atoms with E-state index in [-0.39, 0.29) is 34.1 Å². The Balaban J connectivity index is 2.94. The summed E-state index contributed by atoms with van der Waals surface area (Å²) < 4.78 is 0. The summed E-state index contributed by atoms with van der Waals surface area (Å²) >= 11 is 11.5. The van der Waals surface area contributed by atoms with Crippen molar-refractivity contribution in [2.24, 2.45) is 5.92 Å². The Labute approximate surface area is 127 Å². The summed E-state index contributed by atoms with van der Waals surface area (Å²) in [5.41, 5.74) is -0.0366. The Hall–Kier alpha value is -1.33. The number of amides is 1. The first kappa shape index (κ1) is 16.7. The smallest absolute Gasteiger partial charge is 0.271 e. The lowest BCUT2D eigenvalue weighted by Gasteiger charge is -2.21. The third-order valence-corrected chi connectivity index (χ3v) is 3.33. The second-order valence-corrected chi connectivity index (χ2v) is 5.57. The van der Waals surface area contributed by atoms with Crippen LogP contribution in [0.25, 0.3) is 0 Å². The molecule has 0 saturated carbocycles. The molecule has 7 heteroatoms. The standard InChI is InChI=1S/C13H16Cl2N2O3/c1-8(2)12(3-4-14)16-13(18)9-5-10(15)7-11(6-9)17(19)20/h5-8,12H,3-4H2,1-2H3,(H,16,18). The number of carbonyl (C=O) groups is 1. The van der Waals surface area contributed by atoms with E-state index < -0.39 is 4.92 Å². The minimum Gasteiger partial charge on any atom is -0.349 e. The monoisotopic (exact) mass is 318 g/mol. The van der Waals surface area contributed by atoms with E-state index in [0.717, 1.165) is 0 Å². The van der Waals surface area contributed by atoms with Gasteiger partial charge in [0.2, 0.25) is 0 Å². The molecule has 0 aliphatic carbocycles. The molecule has 0 bridgehead atoms. The van der Waals surface area contributed by atoms with Crippen molar-refractivity contribution in [3.05, 3.63) is 38.9 Å². The third-order valence-electron chi connectivity index (χ3n) is 2.90. The highest BCUT2D eigenvalue weighted by molar-refractivity contribution is 6.31. The molecule has 1 aromatic carbocycles. The van der Waals surface area contributed by atoms with Crippen molar-refractivity contribution < 1.29 is 9.72 Å². The molecule has 1 aromatic rings. The van der Waals surface area contributed by atoms with Crippen LogP contribution in [0.1, 0.15) is 30.6 Å². The van der Waals surface area contributed by atoms with Crippen LogP contribution in [0, 0.1) is 16.0 Å². The van der Waals surface area contributed by atoms with Gasteiger partial charge in [-0.2, -0.15) is 0 Å². The average molecular weight is 319 g/mol. The van der Waals surface area contributed by atoms with Gasteiger partial charge in [-0.05, 0) is 18.4 Å². The van der Waals surface area contributed by atoms with Crippen LogP contribution in [-0.2, 0) is 0 Å². The van der Waals surface area contributed by atoms with Gasteiger partial charge in [0.05, 0.1) is 4.92 Å². The molecule has 0 fully saturated rings. The second kappa shape index (κ2) is 7.45. The maximum absolute atomic E-state index is 12.1. The zero-order valence-electron chi connectivity index (χ0n) is 11.2. The maximum Gasteiger partial charge on any atom is 0.271 e. The van der Waals surface area contributed by atoms with Gasteiger partial charge in [-0.25, -0.2) is 0 Å². The number of halogens is 2. The molecule has 110 valence electrons. The zero-order valence-corrected chi connectivity index (χ0v) is 12.7. The van der Waals surface area contributed by atoms with Gasteiger partial charge >= 0.3 is 0 Å². The first-order valence-corrected chi connectivity index (χ1v) is 7.08. The predicted molar refractivity (Wildman–Crippen MR) is 79.5 cm³/mol. The molecule has 0 aliphatic rings. The van der Waals surface area contributed by atoms with E-state index in [2.05, 4.69) is 5.32 Å². The number of hydrogen-bond acceptors (Lipinski definition) is 3. The van der Waals surface area contributed by atoms with E-state index in [4.69, 9.17) is 23.2 Å². The SMILES string of the molecule is CC(C)C(CCCl)NC(=O)c1cc(Cl)cc([N+](=O)[O-])c1. The molecule has 1 unspecified atom stereocenters. The fourth-order valence-corrected chi connectivity index (χ4v) is 2.22. The molecule has 0 saturated heterocycles. The molecule has 0 aliphatic heterocycles. The van der Waals surface area contributed by atoms with Gasteiger partial charge in [0.1, 0.15) is 0 Å². The molecule has 20 heavy (non-hydrogen) atoms. The van der Waals surface area contributed by atoms with Gasteiger partial charge in [0.15, 0.2) is 0 Å². The van der Waals surface area contributed by atoms with Gasteiger partial charge in [-0.3, -0.25) is 14.9 Å². The Bertz CT molecular complexity index is 506. The van der Waals surface area contributed by atoms with E-state index in [0.29, 0.717) is 12.3 Å². The lowest BCUT2D eigenvalue weighted by atomic mass is 10.0. The zero-order chi connectivity index (χ0) is 15.3. The lowest BCUT2D eigenvalue weighted by Crippen LogP contribution is -2.38. The van der Waals surface area contributed by atoms with E-state index >= 15 is 0 Å². The second-order valence-electron chi connectivity index (χ2n) is 4.76. The Morgan fingerprint density at radius 1 is 1.40 bits per heavy atom. The summed E-state index contributed by atoms with van der Waals surface area (Å²) in [5.74, 6) is 0.255. The van der Waals surface area contributed by atoms with E-state index in [1.807, 2.05) is 13.8 Å². The van der Waals surface area contributed by atoms with Crippen LogP contribution in [0.4, 0.5) is 5.69 Å². The molecule has 0 radical (unpaired) electrons. The number of alkyl halides is 1. The third kappa shape index (κ3) is 4.65. The lowest BCUT2D eigenvalue weighted by molar-refractivity contribution is -0.384. The molecule has 1 atom stereocenters. The minimum atomic E-state index is -0.582. The van der Waals surface area contributed by atoms with Crippen LogP contribution in [-0.4, -0.2) is 22.8 Å². The van der Waals surface area contributed by atoms with Crippen molar-refractivity contribution >= 4 is 34.8 Å². The first-order valence-electron chi connectivity index (χ1n) is 6.17. The van der Waals surface area contributed by atoms with Crippen LogP contribution in [0.2, 0.25) is 5.02 Å². The van der Waals surface area contributed by atoms with Gasteiger partial charge in [-0.1, -0.05) is 25.4 Å². The van der Waals surface area contributed by atoms with Crippen molar-refractivity contribution in [3.8, 4) is 0 Å². The summed E-state index contributed by atoms with van der Waals surface area (Å²) in [6, 6.07) is 3.73. The Morgan fingerprint density at radius 3 is 2.55 bits per heavy atom. The van der Waals surface area contributed by atoms with Crippen LogP contribution in [0.15, 0.2) is 18.2 Å². The Morgan fingerprint density at radius 2 is 2.05 bits per heavy atom. The van der Waals surface area contributed by atoms with Gasteiger partial charge in [0.25, 0.3) is 11.6 Å². The molecule has 1 rings (SSSR count). The molecular formula is C13H16Cl2N2O3. The number of nitro groups is 1. The highest BCUT2D eigenvalue weighted by atomic mass is 35.5. The quantitative estimate of drug-likeness (QED) is 0.494. The van der Waals surface area contributed by atoms with E-state index in [9.17, 15) is 14.9 Å². The minimum absolute atomic E-state index is 0.0852. The largest absolute Gasteiger partial charge is 0.349 e. The van der Waals surface area contributed by atoms with Crippen LogP contribution in [0.5, 0.6) is 0 Å². The molecule has 0 aromatic heterocycles. The topological polar surface area (TPSA) is 72.2 Å². The van der Waals surface area contributed by atoms with E-state index in [1.54, 1.807) is 0 Å². The Kier molecular flexibility index (Phi) is 6.23. The predicted octanol–water partition coefficient (Wildman–Crippen LogP) is 3.63. The number of nitrogens with one attached hydrogen (secondary N) is 1. The van der Waals surface area contributed by atoms with Crippen molar-refractivity contribution in [1.82, 2.24) is 5.32 Å². The number of hydrogen-bond donors (Lipinski definition) is 1. The fourth-order valence-electron chi connectivity index (χ4n) is 1.75. The average Bonchev–Trinajstić information content (AvgIpc) is 2.37. The van der Waals surface area contributed by atoms with Crippen molar-refractivity contribution in [1.29, 1.82) is 0 Å². The first-order chi connectivity index (χ1) is 9.35. The van der Waals surface area contributed by atoms with Crippen molar-refractivity contribution in [2.45, 2.75) is 26.3 Å². The number of carbonyl (C=O) groups excluding carboxylic acids is 1. The summed E-state index contributed by atoms with van der Waals surface area (Å²) in [4.78, 5) is 22.3. The number of rotatable bonds is 6. The number of nitro benzene ring substituents is 1. The number of benzene rings is 1. The van der Waals surface area contributed by atoms with Gasteiger partial charge in [-0.15, -0.1) is 11.6 Å². The van der Waals surface area contributed by atoms with Crippen LogP contribution in [0.3, 0.4) is 0 Å². The molecular weight excluding hydrogens is 303 g/mol. The van der Waals surface area contributed by atoms with E-state index in [1.165, 1.54) is 18.2 Å². The molecule has 1 amide bonds. The van der Waals surface area contributed by atoms with Crippen LogP contribution < -0.4 is 5.32 Å². The highest BCUT2D eigenvalue weighted by Gasteiger charge is 2.19. The molecule has 0 spiro atoms. The maximum atomic E-state index is 12.1. The highest BCUT2D eigenvalue weighted by Crippen LogP contribution is 2.21. The normalized spacial score (nSPS) is 12.2. The fraction of sp³-hybridized carbons (Fsp3) is 0.462. The van der Waals surface area contributed by atoms with Gasteiger partial charge in [0, 0.05) is 34.6 Å². The summed E-state index contributed by atoms with van der Waals surface area (Å²) in [5, 5.41) is 13.7. The van der Waals surface area contributed by atoms with Crippen molar-refractivity contribution in [3.63, 3.8) is 0 Å². The number of non-ortho nitro benzene ring substituents is 1.